The SMILES string of the molecule is CCn1c(Br)nc2c1c(=O)n(C)c(=O)n2C. The van der Waals surface area contributed by atoms with E-state index < -0.39 is 0 Å². The Labute approximate surface area is 99.3 Å². The lowest BCUT2D eigenvalue weighted by Gasteiger charge is -2.04. The molecule has 0 spiro atoms. The number of imidazole rings is 1. The fourth-order valence-corrected chi connectivity index (χ4v) is 2.30. The van der Waals surface area contributed by atoms with E-state index in [0.29, 0.717) is 22.4 Å². The summed E-state index contributed by atoms with van der Waals surface area (Å²) in [5, 5.41) is 0. The van der Waals surface area contributed by atoms with Gasteiger partial charge in [0.15, 0.2) is 15.9 Å². The second-order valence-corrected chi connectivity index (χ2v) is 4.21. The summed E-state index contributed by atoms with van der Waals surface area (Å²) in [5.41, 5.74) is 0.157. The second-order valence-electron chi connectivity index (χ2n) is 3.50. The molecule has 7 heteroatoms. The molecule has 0 aliphatic heterocycles. The van der Waals surface area contributed by atoms with Crippen LogP contribution in [0.25, 0.3) is 11.2 Å². The van der Waals surface area contributed by atoms with Crippen molar-refractivity contribution >= 4 is 27.1 Å². The van der Waals surface area contributed by atoms with Gasteiger partial charge in [-0.1, -0.05) is 0 Å². The molecule has 0 radical (unpaired) electrons. The van der Waals surface area contributed by atoms with Crippen LogP contribution in [0.3, 0.4) is 0 Å². The molecule has 2 rings (SSSR count). The van der Waals surface area contributed by atoms with Crippen LogP contribution in [0.4, 0.5) is 0 Å². The Morgan fingerprint density at radius 2 is 1.88 bits per heavy atom. The maximum absolute atomic E-state index is 12.0. The first kappa shape index (κ1) is 11.1. The molecule has 6 nitrogen and oxygen atoms in total. The zero-order chi connectivity index (χ0) is 12.0. The van der Waals surface area contributed by atoms with Crippen molar-refractivity contribution in [1.29, 1.82) is 0 Å². The Morgan fingerprint density at radius 3 is 2.44 bits per heavy atom. The molecule has 0 N–H and O–H groups in total. The standard InChI is InChI=1S/C9H11BrN4O2/c1-4-14-5-6(11-8(14)10)12(2)9(16)13(3)7(5)15/h4H2,1-3H3. The van der Waals surface area contributed by atoms with Crippen LogP contribution in [0.2, 0.25) is 0 Å². The van der Waals surface area contributed by atoms with E-state index >= 15 is 0 Å². The summed E-state index contributed by atoms with van der Waals surface area (Å²) in [6, 6.07) is 0. The van der Waals surface area contributed by atoms with Crippen molar-refractivity contribution in [1.82, 2.24) is 18.7 Å². The van der Waals surface area contributed by atoms with Crippen LogP contribution in [0.1, 0.15) is 6.92 Å². The molecule has 0 aliphatic rings. The summed E-state index contributed by atoms with van der Waals surface area (Å²) in [5.74, 6) is 0. The zero-order valence-corrected chi connectivity index (χ0v) is 10.8. The fourth-order valence-electron chi connectivity index (χ4n) is 1.71. The Bertz CT molecular complexity index is 679. The van der Waals surface area contributed by atoms with Gasteiger partial charge in [-0.3, -0.25) is 13.9 Å². The number of fused-ring (bicyclic) bond motifs is 1. The average molecular weight is 287 g/mol. The van der Waals surface area contributed by atoms with Crippen LogP contribution < -0.4 is 11.2 Å². The highest BCUT2D eigenvalue weighted by molar-refractivity contribution is 9.10. The van der Waals surface area contributed by atoms with Crippen molar-refractivity contribution < 1.29 is 0 Å². The Kier molecular flexibility index (Phi) is 2.49. The minimum absolute atomic E-state index is 0.321. The summed E-state index contributed by atoms with van der Waals surface area (Å²) in [6.45, 7) is 2.53. The lowest BCUT2D eigenvalue weighted by Crippen LogP contribution is -2.37. The van der Waals surface area contributed by atoms with Gasteiger partial charge in [-0.2, -0.15) is 0 Å². The molecular formula is C9H11BrN4O2. The summed E-state index contributed by atoms with van der Waals surface area (Å²) in [7, 11) is 3.06. The van der Waals surface area contributed by atoms with E-state index in [0.717, 1.165) is 4.57 Å². The average Bonchev–Trinajstić information content (AvgIpc) is 2.60. The van der Waals surface area contributed by atoms with Gasteiger partial charge >= 0.3 is 5.69 Å². The van der Waals surface area contributed by atoms with Gasteiger partial charge in [0, 0.05) is 20.6 Å². The molecule has 2 aromatic rings. The molecule has 0 aromatic carbocycles. The first-order valence-electron chi connectivity index (χ1n) is 4.80. The maximum atomic E-state index is 12.0. The van der Waals surface area contributed by atoms with Crippen LogP contribution in [0.5, 0.6) is 0 Å². The quantitative estimate of drug-likeness (QED) is 0.705. The zero-order valence-electron chi connectivity index (χ0n) is 9.19. The van der Waals surface area contributed by atoms with E-state index in [1.54, 1.807) is 11.6 Å². The highest BCUT2D eigenvalue weighted by Gasteiger charge is 2.16. The molecule has 0 atom stereocenters. The number of aromatic nitrogens is 4. The van der Waals surface area contributed by atoms with Crippen molar-refractivity contribution in [2.45, 2.75) is 13.5 Å². The molecule has 2 aromatic heterocycles. The van der Waals surface area contributed by atoms with E-state index in [-0.39, 0.29) is 11.2 Å². The van der Waals surface area contributed by atoms with E-state index in [1.807, 2.05) is 6.92 Å². The normalized spacial score (nSPS) is 11.2. The summed E-state index contributed by atoms with van der Waals surface area (Å²) in [4.78, 5) is 27.8. The minimum Gasteiger partial charge on any atom is -0.313 e. The molecule has 16 heavy (non-hydrogen) atoms. The fraction of sp³-hybridized carbons (Fsp3) is 0.444. The van der Waals surface area contributed by atoms with Crippen molar-refractivity contribution in [2.75, 3.05) is 0 Å². The Balaban J connectivity index is 3.15. The third-order valence-corrected chi connectivity index (χ3v) is 3.22. The van der Waals surface area contributed by atoms with Gasteiger partial charge in [-0.15, -0.1) is 0 Å². The number of nitrogens with zero attached hydrogens (tertiary/aromatic N) is 4. The molecular weight excluding hydrogens is 276 g/mol. The minimum atomic E-state index is -0.370. The summed E-state index contributed by atoms with van der Waals surface area (Å²) >= 11 is 3.28. The van der Waals surface area contributed by atoms with E-state index in [4.69, 9.17) is 0 Å². The second kappa shape index (κ2) is 3.58. The van der Waals surface area contributed by atoms with Gasteiger partial charge in [0.25, 0.3) is 5.56 Å². The molecule has 86 valence electrons. The van der Waals surface area contributed by atoms with Gasteiger partial charge < -0.3 is 4.57 Å². The third kappa shape index (κ3) is 1.27. The van der Waals surface area contributed by atoms with E-state index in [2.05, 4.69) is 20.9 Å². The number of hydrogen-bond donors (Lipinski definition) is 0. The predicted molar refractivity (Wildman–Crippen MR) is 63.6 cm³/mol. The van der Waals surface area contributed by atoms with Crippen LogP contribution in [0, 0.1) is 0 Å². The third-order valence-electron chi connectivity index (χ3n) is 2.62. The van der Waals surface area contributed by atoms with Gasteiger partial charge in [0.1, 0.15) is 0 Å². The lowest BCUT2D eigenvalue weighted by atomic mass is 10.5. The van der Waals surface area contributed by atoms with Gasteiger partial charge in [-0.25, -0.2) is 9.78 Å². The molecule has 0 saturated heterocycles. The smallest absolute Gasteiger partial charge is 0.313 e. The van der Waals surface area contributed by atoms with E-state index in [9.17, 15) is 9.59 Å². The molecule has 0 bridgehead atoms. The molecule has 0 saturated carbocycles. The first-order chi connectivity index (χ1) is 7.49. The van der Waals surface area contributed by atoms with Gasteiger partial charge in [0.2, 0.25) is 0 Å². The molecule has 0 fully saturated rings. The van der Waals surface area contributed by atoms with Crippen LogP contribution in [-0.2, 0) is 20.6 Å². The maximum Gasteiger partial charge on any atom is 0.332 e. The Hall–Kier alpha value is -1.37. The number of halogens is 1. The number of aryl methyl sites for hydroxylation is 2. The van der Waals surface area contributed by atoms with Crippen LogP contribution in [0.15, 0.2) is 14.3 Å². The Morgan fingerprint density at radius 1 is 1.25 bits per heavy atom. The monoisotopic (exact) mass is 286 g/mol. The highest BCUT2D eigenvalue weighted by atomic mass is 79.9. The lowest BCUT2D eigenvalue weighted by molar-refractivity contribution is 0.698. The molecule has 0 aliphatic carbocycles. The highest BCUT2D eigenvalue weighted by Crippen LogP contribution is 2.15. The van der Waals surface area contributed by atoms with E-state index in [1.165, 1.54) is 11.6 Å². The molecule has 0 unspecified atom stereocenters. The van der Waals surface area contributed by atoms with Gasteiger partial charge in [-0.05, 0) is 22.9 Å². The summed E-state index contributed by atoms with van der Waals surface area (Å²) < 4.78 is 4.75. The molecule has 2 heterocycles. The van der Waals surface area contributed by atoms with Crippen LogP contribution >= 0.6 is 15.9 Å². The van der Waals surface area contributed by atoms with Crippen molar-refractivity contribution in [2.24, 2.45) is 14.1 Å². The van der Waals surface area contributed by atoms with Gasteiger partial charge in [0.05, 0.1) is 0 Å². The van der Waals surface area contributed by atoms with Crippen molar-refractivity contribution in [3.63, 3.8) is 0 Å². The van der Waals surface area contributed by atoms with Crippen molar-refractivity contribution in [3.8, 4) is 0 Å². The van der Waals surface area contributed by atoms with Crippen LogP contribution in [-0.4, -0.2) is 18.7 Å². The predicted octanol–water partition coefficient (Wildman–Crippen LogP) is 0.216. The largest absolute Gasteiger partial charge is 0.332 e. The summed E-state index contributed by atoms with van der Waals surface area (Å²) in [6.07, 6.45) is 0. The van der Waals surface area contributed by atoms with Crippen molar-refractivity contribution in [3.05, 3.63) is 25.6 Å². The first-order valence-corrected chi connectivity index (χ1v) is 5.60. The molecule has 0 amide bonds. The number of rotatable bonds is 1. The number of hydrogen-bond acceptors (Lipinski definition) is 3. The topological polar surface area (TPSA) is 61.8 Å².